The first-order valence-corrected chi connectivity index (χ1v) is 15.8. The van der Waals surface area contributed by atoms with E-state index in [0.717, 1.165) is 34.6 Å². The summed E-state index contributed by atoms with van der Waals surface area (Å²) in [6, 6.07) is 12.0. The van der Waals surface area contributed by atoms with Gasteiger partial charge >= 0.3 is 12.4 Å². The Morgan fingerprint density at radius 2 is 1.53 bits per heavy atom. The molecule has 2 N–H and O–H groups in total. The third-order valence-corrected chi connectivity index (χ3v) is 10.2. The maximum Gasteiger partial charge on any atom is 0.430 e. The van der Waals surface area contributed by atoms with Gasteiger partial charge in [-0.3, -0.25) is 13.9 Å². The van der Waals surface area contributed by atoms with Crippen LogP contribution in [0.3, 0.4) is 0 Å². The number of rotatable bonds is 7. The Morgan fingerprint density at radius 1 is 0.894 bits per heavy atom. The number of fused-ring (bicyclic) bond motifs is 1. The van der Waals surface area contributed by atoms with Crippen molar-refractivity contribution >= 4 is 27.5 Å². The molecule has 0 radical (unpaired) electrons. The highest BCUT2D eigenvalue weighted by molar-refractivity contribution is 7.92. The van der Waals surface area contributed by atoms with E-state index in [1.165, 1.54) is 4.90 Å². The quantitative estimate of drug-likeness (QED) is 0.338. The molecule has 3 aromatic carbocycles. The van der Waals surface area contributed by atoms with Gasteiger partial charge in [0.05, 0.1) is 16.6 Å². The van der Waals surface area contributed by atoms with E-state index in [9.17, 15) is 53.8 Å². The van der Waals surface area contributed by atoms with Crippen molar-refractivity contribution in [1.82, 2.24) is 10.2 Å². The molecule has 3 aromatic rings. The third kappa shape index (κ3) is 6.52. The number of anilines is 1. The molecular formula is C31H28F7N3O5S. The second kappa shape index (κ2) is 12.4. The van der Waals surface area contributed by atoms with Crippen molar-refractivity contribution in [2.45, 2.75) is 60.6 Å². The number of nitrogens with zero attached hydrogens (tertiary/aromatic N) is 2. The number of amides is 2. The Morgan fingerprint density at radius 3 is 2.15 bits per heavy atom. The zero-order valence-electron chi connectivity index (χ0n) is 24.4. The van der Waals surface area contributed by atoms with E-state index in [1.807, 2.05) is 0 Å². The van der Waals surface area contributed by atoms with E-state index in [-0.39, 0.29) is 43.1 Å². The summed E-state index contributed by atoms with van der Waals surface area (Å²) in [5.74, 6) is -1.59. The molecule has 1 saturated heterocycles. The summed E-state index contributed by atoms with van der Waals surface area (Å²) in [6.07, 6.45) is -12.7. The summed E-state index contributed by atoms with van der Waals surface area (Å²) < 4.78 is 124. The van der Waals surface area contributed by atoms with Gasteiger partial charge in [-0.25, -0.2) is 12.8 Å². The topological polar surface area (TPSA) is 107 Å². The first-order valence-electron chi connectivity index (χ1n) is 14.4. The van der Waals surface area contributed by atoms with Crippen LogP contribution in [0, 0.1) is 5.82 Å². The SMILES string of the molecule is O=C(NC1CCN(C(=O)C[C@@H]2CCc3cc(C(O)(C(F)(F)F)C(F)(F)F)ccc3N2S(=O)(=O)c2ccc(F)cc2)C1)c1ccccc1. The highest BCUT2D eigenvalue weighted by Gasteiger charge is 2.71. The van der Waals surface area contributed by atoms with Crippen LogP contribution in [0.4, 0.5) is 36.4 Å². The Kier molecular flexibility index (Phi) is 9.05. The first-order chi connectivity index (χ1) is 21.9. The minimum atomic E-state index is -6.16. The maximum absolute atomic E-state index is 13.9. The number of halogens is 7. The van der Waals surface area contributed by atoms with Gasteiger partial charge in [0.25, 0.3) is 21.5 Å². The van der Waals surface area contributed by atoms with Gasteiger partial charge in [0.1, 0.15) is 5.82 Å². The van der Waals surface area contributed by atoms with Crippen molar-refractivity contribution in [1.29, 1.82) is 0 Å². The molecule has 2 heterocycles. The summed E-state index contributed by atoms with van der Waals surface area (Å²) >= 11 is 0. The molecule has 0 saturated carbocycles. The monoisotopic (exact) mass is 687 g/mol. The zero-order chi connectivity index (χ0) is 34.4. The van der Waals surface area contributed by atoms with Crippen LogP contribution in [0.2, 0.25) is 0 Å². The fourth-order valence-electron chi connectivity index (χ4n) is 5.87. The second-order valence-corrected chi connectivity index (χ2v) is 13.2. The molecule has 1 fully saturated rings. The number of nitrogens with one attached hydrogen (secondary N) is 1. The van der Waals surface area contributed by atoms with E-state index in [0.29, 0.717) is 24.1 Å². The van der Waals surface area contributed by atoms with E-state index in [2.05, 4.69) is 5.32 Å². The molecule has 1 unspecified atom stereocenters. The predicted octanol–water partition coefficient (Wildman–Crippen LogP) is 5.07. The van der Waals surface area contributed by atoms with Gasteiger partial charge in [-0.1, -0.05) is 30.3 Å². The number of aryl methyl sites for hydroxylation is 1. The number of carbonyl (C=O) groups is 2. The van der Waals surface area contributed by atoms with Gasteiger partial charge in [0.15, 0.2) is 0 Å². The van der Waals surface area contributed by atoms with Gasteiger partial charge in [-0.05, 0) is 67.3 Å². The average Bonchev–Trinajstić information content (AvgIpc) is 3.48. The van der Waals surface area contributed by atoms with Crippen molar-refractivity contribution in [2.24, 2.45) is 0 Å². The Labute approximate surface area is 264 Å². The van der Waals surface area contributed by atoms with Crippen LogP contribution in [-0.2, 0) is 26.8 Å². The minimum Gasteiger partial charge on any atom is -0.369 e. The van der Waals surface area contributed by atoms with Gasteiger partial charge < -0.3 is 15.3 Å². The summed E-state index contributed by atoms with van der Waals surface area (Å²) in [5.41, 5.74) is -6.89. The summed E-state index contributed by atoms with van der Waals surface area (Å²) in [6.45, 7) is 0.367. The molecule has 47 heavy (non-hydrogen) atoms. The van der Waals surface area contributed by atoms with Crippen molar-refractivity contribution in [2.75, 3.05) is 17.4 Å². The van der Waals surface area contributed by atoms with Crippen molar-refractivity contribution in [3.8, 4) is 0 Å². The normalized spacial score (nSPS) is 19.0. The van der Waals surface area contributed by atoms with E-state index >= 15 is 0 Å². The van der Waals surface area contributed by atoms with Crippen LogP contribution in [-0.4, -0.2) is 67.8 Å². The van der Waals surface area contributed by atoms with Crippen LogP contribution in [0.1, 0.15) is 40.7 Å². The molecule has 0 spiro atoms. The van der Waals surface area contributed by atoms with Crippen molar-refractivity contribution < 1.29 is 53.8 Å². The largest absolute Gasteiger partial charge is 0.430 e. The number of likely N-dealkylation sites (tertiary alicyclic amines) is 1. The number of sulfonamides is 1. The number of benzene rings is 3. The molecule has 2 aliphatic rings. The minimum absolute atomic E-state index is 0.127. The fourth-order valence-corrected chi connectivity index (χ4v) is 7.59. The number of hydrogen-bond donors (Lipinski definition) is 2. The van der Waals surface area contributed by atoms with E-state index in [1.54, 1.807) is 30.3 Å². The predicted molar refractivity (Wildman–Crippen MR) is 154 cm³/mol. The van der Waals surface area contributed by atoms with E-state index in [4.69, 9.17) is 0 Å². The lowest BCUT2D eigenvalue weighted by Gasteiger charge is -2.39. The molecule has 0 aliphatic carbocycles. The van der Waals surface area contributed by atoms with Crippen LogP contribution in [0.5, 0.6) is 0 Å². The maximum atomic E-state index is 13.9. The number of hydrogen-bond acceptors (Lipinski definition) is 5. The zero-order valence-corrected chi connectivity index (χ0v) is 25.2. The highest BCUT2D eigenvalue weighted by atomic mass is 32.2. The molecule has 2 atom stereocenters. The smallest absolute Gasteiger partial charge is 0.369 e. The van der Waals surface area contributed by atoms with Crippen LogP contribution >= 0.6 is 0 Å². The van der Waals surface area contributed by atoms with Crippen molar-refractivity contribution in [3.63, 3.8) is 0 Å². The summed E-state index contributed by atoms with van der Waals surface area (Å²) in [4.78, 5) is 27.0. The highest BCUT2D eigenvalue weighted by Crippen LogP contribution is 2.51. The first kappa shape index (κ1) is 34.2. The van der Waals surface area contributed by atoms with Crippen LogP contribution < -0.4 is 9.62 Å². The lowest BCUT2D eigenvalue weighted by atomic mass is 9.87. The molecular weight excluding hydrogens is 659 g/mol. The fraction of sp³-hybridized carbons (Fsp3) is 0.355. The van der Waals surface area contributed by atoms with Gasteiger partial charge in [0.2, 0.25) is 5.91 Å². The Balaban J connectivity index is 1.44. The van der Waals surface area contributed by atoms with Gasteiger partial charge in [-0.15, -0.1) is 0 Å². The molecule has 16 heteroatoms. The molecule has 2 aliphatic heterocycles. The lowest BCUT2D eigenvalue weighted by Crippen LogP contribution is -2.54. The molecule has 0 aromatic heterocycles. The van der Waals surface area contributed by atoms with Crippen LogP contribution in [0.15, 0.2) is 77.7 Å². The third-order valence-electron chi connectivity index (χ3n) is 8.33. The molecule has 252 valence electrons. The van der Waals surface area contributed by atoms with E-state index < -0.39 is 68.7 Å². The number of carbonyl (C=O) groups excluding carboxylic acids is 2. The summed E-state index contributed by atoms with van der Waals surface area (Å²) in [5, 5.41) is 12.8. The van der Waals surface area contributed by atoms with Gasteiger partial charge in [-0.2, -0.15) is 26.3 Å². The lowest BCUT2D eigenvalue weighted by molar-refractivity contribution is -0.376. The van der Waals surface area contributed by atoms with Crippen molar-refractivity contribution in [3.05, 3.63) is 95.3 Å². The Bertz CT molecular complexity index is 1740. The average molecular weight is 688 g/mol. The second-order valence-electron chi connectivity index (χ2n) is 11.4. The molecule has 8 nitrogen and oxygen atoms in total. The number of aliphatic hydroxyl groups is 1. The molecule has 5 rings (SSSR count). The summed E-state index contributed by atoms with van der Waals surface area (Å²) in [7, 11) is -4.64. The molecule has 0 bridgehead atoms. The Hall–Kier alpha value is -4.18. The standard InChI is InChI=1S/C31H28F7N3O5S/c32-22-8-11-25(12-9-22)47(45,46)41-24(17-27(42)40-15-14-23(18-40)39-28(43)19-4-2-1-3-5-19)10-6-20-16-21(7-13-26(20)41)29(44,30(33,34)35)31(36,37)38/h1-5,7-9,11-13,16,23-24,44H,6,10,14-15,17-18H2,(H,39,43)/t23?,24-/m0/s1. The van der Waals surface area contributed by atoms with Crippen LogP contribution in [0.25, 0.3) is 0 Å². The van der Waals surface area contributed by atoms with Gasteiger partial charge in [0, 0.05) is 36.7 Å². The number of alkyl halides is 6. The molecule has 2 amide bonds.